The largest absolute Gasteiger partial charge is 0.370 e. The fraction of sp³-hybridized carbons (Fsp3) is 0.345. The van der Waals surface area contributed by atoms with Gasteiger partial charge in [-0.15, -0.1) is 6.58 Å². The highest BCUT2D eigenvalue weighted by Crippen LogP contribution is 2.17. The molecule has 0 amide bonds. The molecule has 1 fully saturated rings. The molecule has 3 rings (SSSR count). The Morgan fingerprint density at radius 1 is 1.12 bits per heavy atom. The number of unbranched alkanes of at least 4 members (excludes halogenated alkanes) is 1. The Morgan fingerprint density at radius 3 is 2.31 bits per heavy atom. The first-order valence-electron chi connectivity index (χ1n) is 11.4. The van der Waals surface area contributed by atoms with E-state index in [0.717, 1.165) is 18.1 Å². The summed E-state index contributed by atoms with van der Waals surface area (Å²) in [6.07, 6.45) is 7.70. The van der Waals surface area contributed by atoms with Gasteiger partial charge in [0.2, 0.25) is 0 Å². The highest BCUT2D eigenvalue weighted by molar-refractivity contribution is 5.98. The van der Waals surface area contributed by atoms with Gasteiger partial charge in [-0.1, -0.05) is 86.2 Å². The quantitative estimate of drug-likeness (QED) is 0.393. The summed E-state index contributed by atoms with van der Waals surface area (Å²) in [4.78, 5) is 4.17. The molecule has 1 heterocycles. The number of benzene rings is 2. The first kappa shape index (κ1) is 27.0. The fourth-order valence-electron chi connectivity index (χ4n) is 3.05. The van der Waals surface area contributed by atoms with Crippen LogP contribution in [0.5, 0.6) is 0 Å². The Balaban J connectivity index is 0.000000279. The lowest BCUT2D eigenvalue weighted by Crippen LogP contribution is -2.18. The van der Waals surface area contributed by atoms with Crippen LogP contribution in [0.1, 0.15) is 50.3 Å². The van der Waals surface area contributed by atoms with Gasteiger partial charge in [-0.3, -0.25) is 4.99 Å². The molecule has 172 valence electrons. The molecule has 3 nitrogen and oxygen atoms in total. The van der Waals surface area contributed by atoms with Crippen molar-refractivity contribution in [2.24, 2.45) is 4.99 Å². The predicted molar refractivity (Wildman–Crippen MR) is 143 cm³/mol. The van der Waals surface area contributed by atoms with E-state index in [1.54, 1.807) is 0 Å². The number of hydrogen-bond donors (Lipinski definition) is 2. The van der Waals surface area contributed by atoms with Crippen LogP contribution in [-0.4, -0.2) is 25.3 Å². The third kappa shape index (κ3) is 11.4. The number of nitrogens with zero attached hydrogens (tertiary/aromatic N) is 1. The van der Waals surface area contributed by atoms with Gasteiger partial charge in [-0.05, 0) is 56.4 Å². The molecule has 3 heteroatoms. The summed E-state index contributed by atoms with van der Waals surface area (Å²) in [6, 6.07) is 19.5. The van der Waals surface area contributed by atoms with Crippen LogP contribution in [0.15, 0.2) is 90.7 Å². The predicted octanol–water partition coefficient (Wildman–Crippen LogP) is 6.72. The summed E-state index contributed by atoms with van der Waals surface area (Å²) in [5, 5.41) is 6.12. The third-order valence-electron chi connectivity index (χ3n) is 5.10. The summed E-state index contributed by atoms with van der Waals surface area (Å²) in [7, 11) is 1.83. The minimum atomic E-state index is 0.377. The van der Waals surface area contributed by atoms with E-state index in [-0.39, 0.29) is 0 Å². The number of rotatable bonds is 6. The normalized spacial score (nSPS) is 15.4. The second-order valence-electron chi connectivity index (χ2n) is 8.00. The number of hydrogen-bond acceptors (Lipinski definition) is 3. The van der Waals surface area contributed by atoms with Crippen molar-refractivity contribution in [2.75, 3.05) is 13.6 Å². The van der Waals surface area contributed by atoms with E-state index >= 15 is 0 Å². The van der Waals surface area contributed by atoms with Gasteiger partial charge >= 0.3 is 0 Å². The maximum absolute atomic E-state index is 4.17. The van der Waals surface area contributed by atoms with Gasteiger partial charge in [-0.2, -0.15) is 0 Å². The van der Waals surface area contributed by atoms with Crippen LogP contribution in [0.25, 0.3) is 5.57 Å². The zero-order valence-corrected chi connectivity index (χ0v) is 20.6. The molecule has 0 saturated carbocycles. The second-order valence-corrected chi connectivity index (χ2v) is 8.00. The Hall–Kier alpha value is -3.07. The molecular formula is C29H41N3. The van der Waals surface area contributed by atoms with E-state index in [9.17, 15) is 0 Å². The lowest BCUT2D eigenvalue weighted by Gasteiger charge is -2.05. The van der Waals surface area contributed by atoms with E-state index in [0.29, 0.717) is 6.04 Å². The van der Waals surface area contributed by atoms with Gasteiger partial charge in [0.15, 0.2) is 0 Å². The van der Waals surface area contributed by atoms with Crippen molar-refractivity contribution >= 4 is 11.3 Å². The summed E-state index contributed by atoms with van der Waals surface area (Å²) >= 11 is 0. The highest BCUT2D eigenvalue weighted by Gasteiger charge is 2.10. The molecule has 1 unspecified atom stereocenters. The first-order valence-corrected chi connectivity index (χ1v) is 11.4. The van der Waals surface area contributed by atoms with Crippen LogP contribution in [0.4, 0.5) is 0 Å². The van der Waals surface area contributed by atoms with Crippen LogP contribution < -0.4 is 10.6 Å². The van der Waals surface area contributed by atoms with E-state index in [1.807, 2.05) is 38.2 Å². The van der Waals surface area contributed by atoms with Gasteiger partial charge in [0, 0.05) is 19.3 Å². The summed E-state index contributed by atoms with van der Waals surface area (Å²) in [6.45, 7) is 16.7. The molecule has 1 aliphatic heterocycles. The van der Waals surface area contributed by atoms with Gasteiger partial charge < -0.3 is 10.6 Å². The van der Waals surface area contributed by atoms with Gasteiger partial charge in [-0.25, -0.2) is 0 Å². The summed E-state index contributed by atoms with van der Waals surface area (Å²) < 4.78 is 0. The minimum absolute atomic E-state index is 0.377. The lowest BCUT2D eigenvalue weighted by molar-refractivity contribution is 0.786. The Bertz CT molecular complexity index is 878. The molecule has 0 spiro atoms. The molecule has 0 bridgehead atoms. The lowest BCUT2D eigenvalue weighted by atomic mass is 10.0. The number of aliphatic imine (C=N–C) groups is 1. The van der Waals surface area contributed by atoms with Crippen molar-refractivity contribution < 1.29 is 0 Å². The van der Waals surface area contributed by atoms with Crippen molar-refractivity contribution in [3.05, 3.63) is 102 Å². The Kier molecular flexibility index (Phi) is 13.2. The fourth-order valence-corrected chi connectivity index (χ4v) is 3.05. The van der Waals surface area contributed by atoms with Crippen LogP contribution in [-0.2, 0) is 6.42 Å². The molecule has 1 saturated heterocycles. The van der Waals surface area contributed by atoms with Crippen LogP contribution in [0, 0.1) is 6.92 Å². The van der Waals surface area contributed by atoms with Crippen LogP contribution in [0.3, 0.4) is 0 Å². The van der Waals surface area contributed by atoms with Gasteiger partial charge in [0.1, 0.15) is 0 Å². The molecular weight excluding hydrogens is 390 g/mol. The highest BCUT2D eigenvalue weighted by atomic mass is 15.2. The molecule has 2 aromatic rings. The topological polar surface area (TPSA) is 36.4 Å². The van der Waals surface area contributed by atoms with Crippen molar-refractivity contribution in [3.8, 4) is 0 Å². The van der Waals surface area contributed by atoms with E-state index in [1.165, 1.54) is 41.5 Å². The molecule has 0 radical (unpaired) electrons. The first-order chi connectivity index (χ1) is 15.4. The zero-order valence-electron chi connectivity index (χ0n) is 20.6. The number of allylic oxidation sites excluding steroid dienone is 2. The maximum Gasteiger partial charge on any atom is 0.0918 e. The molecule has 2 aromatic carbocycles. The van der Waals surface area contributed by atoms with E-state index in [2.05, 4.69) is 92.0 Å². The monoisotopic (exact) mass is 431 g/mol. The zero-order chi connectivity index (χ0) is 23.8. The standard InChI is InChI=1S/C16H23N.C7H8.C6H10N2/c1-5-6-8-15-9-7-10-16(12-15)13(2)11-14(3)17-4;1-7-5-3-2-4-6-7;1-3-6-4-7-5(2)8-6/h7,9-12H,5-6,8H2,1-4H3;2-6H,1H3;3,6-8H,1-2,4H2/b13-11+,17-14?;;. The number of nitrogens with one attached hydrogen (secondary N) is 2. The second kappa shape index (κ2) is 15.7. The van der Waals surface area contributed by atoms with E-state index < -0.39 is 0 Å². The van der Waals surface area contributed by atoms with Crippen molar-refractivity contribution in [2.45, 2.75) is 53.0 Å². The minimum Gasteiger partial charge on any atom is -0.370 e. The number of aryl methyl sites for hydroxylation is 2. The van der Waals surface area contributed by atoms with Crippen molar-refractivity contribution in [1.29, 1.82) is 0 Å². The average molecular weight is 432 g/mol. The van der Waals surface area contributed by atoms with Crippen molar-refractivity contribution in [1.82, 2.24) is 10.6 Å². The molecule has 1 atom stereocenters. The smallest absolute Gasteiger partial charge is 0.0918 e. The van der Waals surface area contributed by atoms with E-state index in [4.69, 9.17) is 0 Å². The molecule has 32 heavy (non-hydrogen) atoms. The van der Waals surface area contributed by atoms with Crippen LogP contribution >= 0.6 is 0 Å². The van der Waals surface area contributed by atoms with Crippen LogP contribution in [0.2, 0.25) is 0 Å². The Morgan fingerprint density at radius 2 is 1.84 bits per heavy atom. The molecule has 0 aromatic heterocycles. The maximum atomic E-state index is 4.17. The summed E-state index contributed by atoms with van der Waals surface area (Å²) in [5.41, 5.74) is 6.42. The van der Waals surface area contributed by atoms with Crippen molar-refractivity contribution in [3.63, 3.8) is 0 Å². The average Bonchev–Trinajstić information content (AvgIpc) is 3.24. The summed E-state index contributed by atoms with van der Waals surface area (Å²) in [5.74, 6) is 0.898. The molecule has 1 aliphatic rings. The molecule has 0 aliphatic carbocycles. The molecule has 2 N–H and O–H groups in total. The van der Waals surface area contributed by atoms with Gasteiger partial charge in [0.25, 0.3) is 0 Å². The van der Waals surface area contributed by atoms with Gasteiger partial charge in [0.05, 0.1) is 11.9 Å². The third-order valence-corrected chi connectivity index (χ3v) is 5.10. The SMILES string of the molecule is C=CC1CNC(=C)N1.CCCCc1cccc(/C(C)=C/C(C)=NC)c1.Cc1ccccc1. The Labute approximate surface area is 196 Å².